The molecule has 1 saturated heterocycles. The predicted octanol–water partition coefficient (Wildman–Crippen LogP) is 9.79. The largest absolute Gasteiger partial charge is 0.394 e. The number of amides is 1. The number of unbranched alkanes of at least 4 members (excludes halogenated alkanes) is 28. The van der Waals surface area contributed by atoms with E-state index in [1.807, 2.05) is 0 Å². The summed E-state index contributed by atoms with van der Waals surface area (Å²) in [6, 6.07) is -1.18. The zero-order chi connectivity index (χ0) is 46.2. The summed E-state index contributed by atoms with van der Waals surface area (Å²) in [4.78, 5) is 13.1. The summed E-state index contributed by atoms with van der Waals surface area (Å²) >= 11 is 0. The molecule has 9 atom stereocenters. The molecule has 0 aliphatic carbocycles. The lowest BCUT2D eigenvalue weighted by Crippen LogP contribution is -2.60. The number of carbonyl (C=O) groups excluding carboxylic acids is 1. The molecular formula is C52H99NO10. The monoisotopic (exact) mass is 898 g/mol. The molecule has 1 aliphatic heterocycles. The molecule has 1 aliphatic rings. The van der Waals surface area contributed by atoms with E-state index < -0.39 is 74.2 Å². The molecule has 63 heavy (non-hydrogen) atoms. The first kappa shape index (κ1) is 59.6. The highest BCUT2D eigenvalue weighted by molar-refractivity contribution is 5.80. The van der Waals surface area contributed by atoms with Gasteiger partial charge in [-0.2, -0.15) is 0 Å². The number of ether oxygens (including phenoxy) is 2. The van der Waals surface area contributed by atoms with E-state index in [1.165, 1.54) is 135 Å². The van der Waals surface area contributed by atoms with Crippen molar-refractivity contribution in [3.63, 3.8) is 0 Å². The Morgan fingerprint density at radius 1 is 0.540 bits per heavy atom. The Labute approximate surface area is 384 Å². The van der Waals surface area contributed by atoms with Crippen molar-refractivity contribution in [3.8, 4) is 0 Å². The molecular weight excluding hydrogens is 799 g/mol. The van der Waals surface area contributed by atoms with Crippen LogP contribution in [0.25, 0.3) is 0 Å². The molecule has 0 aromatic carbocycles. The molecule has 0 radical (unpaired) electrons. The first-order chi connectivity index (χ1) is 30.7. The van der Waals surface area contributed by atoms with Gasteiger partial charge in [0.25, 0.3) is 0 Å². The minimum Gasteiger partial charge on any atom is -0.394 e. The minimum atomic E-state index is -1.67. The van der Waals surface area contributed by atoms with Gasteiger partial charge in [-0.15, -0.1) is 0 Å². The minimum absolute atomic E-state index is 0.248. The lowest BCUT2D eigenvalue weighted by atomic mass is 9.98. The topological polar surface area (TPSA) is 189 Å². The fourth-order valence-corrected chi connectivity index (χ4v) is 8.38. The van der Waals surface area contributed by atoms with Gasteiger partial charge in [-0.3, -0.25) is 4.79 Å². The quantitative estimate of drug-likeness (QED) is 0.0216. The van der Waals surface area contributed by atoms with Crippen molar-refractivity contribution in [2.75, 3.05) is 13.2 Å². The second-order valence-electron chi connectivity index (χ2n) is 18.6. The maximum absolute atomic E-state index is 13.1. The number of rotatable bonds is 44. The standard InChI is InChI=1S/C52H99NO10/c1-3-5-7-9-11-13-15-17-19-20-21-22-23-24-25-26-28-30-32-34-36-38-40-45(56)51(61)53-43(42-62-52-50(60)49(59)48(58)46(41-54)63-52)47(57)44(55)39-37-35-33-31-29-27-18-16-14-12-10-8-6-4-2/h24-25,31,33,43-50,52,54-60H,3-23,26-30,32,34-42H2,1-2H3,(H,53,61)/b25-24-,33-31+. The average Bonchev–Trinajstić information content (AvgIpc) is 3.28. The van der Waals surface area contributed by atoms with Crippen LogP contribution in [0.5, 0.6) is 0 Å². The van der Waals surface area contributed by atoms with Gasteiger partial charge < -0.3 is 50.5 Å². The van der Waals surface area contributed by atoms with E-state index in [4.69, 9.17) is 9.47 Å². The summed E-state index contributed by atoms with van der Waals surface area (Å²) in [5.74, 6) is -0.710. The molecule has 1 fully saturated rings. The third kappa shape index (κ3) is 31.2. The lowest BCUT2D eigenvalue weighted by molar-refractivity contribution is -0.303. The van der Waals surface area contributed by atoms with E-state index in [0.29, 0.717) is 12.8 Å². The smallest absolute Gasteiger partial charge is 0.249 e. The van der Waals surface area contributed by atoms with Crippen molar-refractivity contribution in [3.05, 3.63) is 24.3 Å². The maximum Gasteiger partial charge on any atom is 0.249 e. The van der Waals surface area contributed by atoms with Crippen LogP contribution in [0.1, 0.15) is 232 Å². The zero-order valence-electron chi connectivity index (χ0n) is 40.3. The van der Waals surface area contributed by atoms with Crippen LogP contribution < -0.4 is 5.32 Å². The van der Waals surface area contributed by atoms with Gasteiger partial charge >= 0.3 is 0 Å². The molecule has 0 bridgehead atoms. The SMILES string of the molecule is CCCCCCCCCCC/C=C/CCCC(O)C(O)C(COC1OC(CO)C(O)C(O)C1O)NC(=O)C(O)CCCCCCCC/C=C\CCCCCCCCCCCCCC. The molecule has 1 amide bonds. The first-order valence-electron chi connectivity index (χ1n) is 26.2. The van der Waals surface area contributed by atoms with Gasteiger partial charge in [0.05, 0.1) is 25.4 Å². The van der Waals surface area contributed by atoms with Gasteiger partial charge in [0, 0.05) is 0 Å². The van der Waals surface area contributed by atoms with Crippen LogP contribution in [-0.2, 0) is 14.3 Å². The Morgan fingerprint density at radius 2 is 0.937 bits per heavy atom. The number of hydrogen-bond donors (Lipinski definition) is 8. The van der Waals surface area contributed by atoms with Crippen molar-refractivity contribution < 1.29 is 50.0 Å². The number of aliphatic hydroxyl groups is 7. The lowest BCUT2D eigenvalue weighted by Gasteiger charge is -2.40. The molecule has 11 heteroatoms. The molecule has 0 spiro atoms. The normalized spacial score (nSPS) is 21.3. The van der Waals surface area contributed by atoms with Crippen molar-refractivity contribution >= 4 is 5.91 Å². The van der Waals surface area contributed by atoms with E-state index in [0.717, 1.165) is 57.8 Å². The number of allylic oxidation sites excluding steroid dienone is 4. The van der Waals surface area contributed by atoms with Crippen LogP contribution >= 0.6 is 0 Å². The van der Waals surface area contributed by atoms with Gasteiger partial charge in [0.15, 0.2) is 6.29 Å². The average molecular weight is 898 g/mol. The summed E-state index contributed by atoms with van der Waals surface area (Å²) in [5, 5.41) is 75.8. The Bertz CT molecular complexity index is 1080. The van der Waals surface area contributed by atoms with Crippen molar-refractivity contribution in [2.45, 2.75) is 287 Å². The maximum atomic E-state index is 13.1. The van der Waals surface area contributed by atoms with Gasteiger partial charge in [0.2, 0.25) is 5.91 Å². The molecule has 11 nitrogen and oxygen atoms in total. The van der Waals surface area contributed by atoms with Crippen LogP contribution in [-0.4, -0.2) is 110 Å². The third-order valence-corrected chi connectivity index (χ3v) is 12.7. The molecule has 372 valence electrons. The van der Waals surface area contributed by atoms with Crippen molar-refractivity contribution in [2.24, 2.45) is 0 Å². The summed E-state index contributed by atoms with van der Waals surface area (Å²) < 4.78 is 11.1. The van der Waals surface area contributed by atoms with Crippen LogP contribution in [0, 0.1) is 0 Å². The molecule has 9 unspecified atom stereocenters. The van der Waals surface area contributed by atoms with Crippen molar-refractivity contribution in [1.82, 2.24) is 5.32 Å². The second kappa shape index (κ2) is 42.0. The molecule has 0 saturated carbocycles. The van der Waals surface area contributed by atoms with E-state index >= 15 is 0 Å². The van der Waals surface area contributed by atoms with Crippen LogP contribution in [0.3, 0.4) is 0 Å². The van der Waals surface area contributed by atoms with E-state index in [9.17, 15) is 40.5 Å². The summed E-state index contributed by atoms with van der Waals surface area (Å²) in [6.07, 6.45) is 36.6. The highest BCUT2D eigenvalue weighted by atomic mass is 16.7. The number of aliphatic hydroxyl groups excluding tert-OH is 7. The third-order valence-electron chi connectivity index (χ3n) is 12.7. The number of hydrogen-bond acceptors (Lipinski definition) is 10. The van der Waals surface area contributed by atoms with Gasteiger partial charge in [-0.25, -0.2) is 0 Å². The molecule has 1 rings (SSSR count). The predicted molar refractivity (Wildman–Crippen MR) is 256 cm³/mol. The highest BCUT2D eigenvalue weighted by Crippen LogP contribution is 2.23. The summed E-state index contributed by atoms with van der Waals surface area (Å²) in [7, 11) is 0. The summed E-state index contributed by atoms with van der Waals surface area (Å²) in [6.45, 7) is 3.44. The molecule has 0 aromatic heterocycles. The van der Waals surface area contributed by atoms with Crippen LogP contribution in [0.15, 0.2) is 24.3 Å². The number of carbonyl (C=O) groups is 1. The number of nitrogens with one attached hydrogen (secondary N) is 1. The molecule has 1 heterocycles. The van der Waals surface area contributed by atoms with Crippen LogP contribution in [0.2, 0.25) is 0 Å². The second-order valence-corrected chi connectivity index (χ2v) is 18.6. The first-order valence-corrected chi connectivity index (χ1v) is 26.2. The van der Waals surface area contributed by atoms with E-state index in [1.54, 1.807) is 0 Å². The Balaban J connectivity index is 2.37. The Hall–Kier alpha value is -1.41. The Kier molecular flexibility index (Phi) is 39.7. The Morgan fingerprint density at radius 3 is 1.37 bits per heavy atom. The fraction of sp³-hybridized carbons (Fsp3) is 0.904. The zero-order valence-corrected chi connectivity index (χ0v) is 40.3. The van der Waals surface area contributed by atoms with E-state index in [-0.39, 0.29) is 12.8 Å². The van der Waals surface area contributed by atoms with Crippen LogP contribution in [0.4, 0.5) is 0 Å². The van der Waals surface area contributed by atoms with Gasteiger partial charge in [-0.05, 0) is 64.2 Å². The van der Waals surface area contributed by atoms with Crippen molar-refractivity contribution in [1.29, 1.82) is 0 Å². The molecule has 8 N–H and O–H groups in total. The summed E-state index contributed by atoms with van der Waals surface area (Å²) in [5.41, 5.74) is 0. The van der Waals surface area contributed by atoms with E-state index in [2.05, 4.69) is 43.5 Å². The van der Waals surface area contributed by atoms with Gasteiger partial charge in [0.1, 0.15) is 36.6 Å². The highest BCUT2D eigenvalue weighted by Gasteiger charge is 2.44. The molecule has 0 aromatic rings. The van der Waals surface area contributed by atoms with Gasteiger partial charge in [-0.1, -0.05) is 192 Å². The fourth-order valence-electron chi connectivity index (χ4n) is 8.38.